The van der Waals surface area contributed by atoms with Gasteiger partial charge in [0.15, 0.2) is 0 Å². The van der Waals surface area contributed by atoms with E-state index in [1.54, 1.807) is 0 Å². The van der Waals surface area contributed by atoms with Crippen molar-refractivity contribution in [2.45, 2.75) is 187 Å². The summed E-state index contributed by atoms with van der Waals surface area (Å²) in [7, 11) is -4.45. The van der Waals surface area contributed by atoms with Crippen molar-refractivity contribution in [2.24, 2.45) is 0 Å². The molecule has 2 unspecified atom stereocenters. The van der Waals surface area contributed by atoms with Crippen LogP contribution >= 0.6 is 7.82 Å². The van der Waals surface area contributed by atoms with Crippen molar-refractivity contribution in [2.75, 3.05) is 26.4 Å². The maximum absolute atomic E-state index is 12.2. The molecule has 0 saturated carbocycles. The lowest BCUT2D eigenvalue weighted by atomic mass is 10.1. The van der Waals surface area contributed by atoms with Gasteiger partial charge in [0, 0.05) is 19.4 Å². The molecule has 378 valence electrons. The van der Waals surface area contributed by atoms with E-state index in [0.29, 0.717) is 19.3 Å². The molecule has 1 amide bonds. The zero-order valence-electron chi connectivity index (χ0n) is 41.8. The lowest BCUT2D eigenvalue weighted by Gasteiger charge is -2.15. The van der Waals surface area contributed by atoms with E-state index in [9.17, 15) is 24.2 Å². The Morgan fingerprint density at radius 1 is 0.478 bits per heavy atom. The van der Waals surface area contributed by atoms with Crippen LogP contribution in [0.3, 0.4) is 0 Å². The molecule has 0 aliphatic heterocycles. The smallest absolute Gasteiger partial charge is 0.463 e. The van der Waals surface area contributed by atoms with E-state index in [1.165, 1.54) is 44.9 Å². The standard InChI is InChI=1S/C57H92NO8P/c1-3-5-7-9-11-13-15-17-19-21-23-25-27-29-31-33-35-37-39-41-43-45-47-49-56(60)58-51-52-65-67(62,63)66-54-55(59)53-64-57(61)50-48-46-44-42-40-38-36-34-32-30-28-26-24-22-20-18-16-14-12-10-8-6-4-2/h5,7,11-14,17-20,23-26,29-32,35,37,41,43,55,59H,3-4,6,8-10,15-16,21-22,27-28,33-34,36,38-40,42,44-54H2,1-2H3,(H,58,60)(H,62,63)/b7-5-,13-11-,14-12-,19-17-,20-18-,25-23-,26-24-,31-29-,32-30-,37-35-,43-41-. The molecule has 0 aromatic heterocycles. The molecule has 0 rings (SSSR count). The summed E-state index contributed by atoms with van der Waals surface area (Å²) in [6, 6.07) is 0. The lowest BCUT2D eigenvalue weighted by molar-refractivity contribution is -0.147. The molecule has 3 N–H and O–H groups in total. The number of phosphoric ester groups is 1. The first kappa shape index (κ1) is 63.1. The normalized spacial score (nSPS) is 14.3. The number of esters is 1. The van der Waals surface area contributed by atoms with Crippen LogP contribution in [-0.2, 0) is 27.9 Å². The quantitative estimate of drug-likeness (QED) is 0.0238. The molecular formula is C57H92NO8P. The second-order valence-corrected chi connectivity index (χ2v) is 17.9. The maximum atomic E-state index is 12.2. The number of phosphoric acid groups is 1. The van der Waals surface area contributed by atoms with Gasteiger partial charge in [-0.2, -0.15) is 0 Å². The zero-order chi connectivity index (χ0) is 48.8. The Kier molecular flexibility index (Phi) is 48.6. The minimum Gasteiger partial charge on any atom is -0.463 e. The third kappa shape index (κ3) is 53.0. The van der Waals surface area contributed by atoms with Crippen LogP contribution in [0.2, 0.25) is 0 Å². The number of carbonyl (C=O) groups is 2. The predicted molar refractivity (Wildman–Crippen MR) is 284 cm³/mol. The fourth-order valence-electron chi connectivity index (χ4n) is 6.23. The number of allylic oxidation sites excluding steroid dienone is 22. The molecule has 0 aromatic rings. The first-order valence-electron chi connectivity index (χ1n) is 25.7. The molecular weight excluding hydrogens is 858 g/mol. The number of ether oxygens (including phenoxy) is 1. The van der Waals surface area contributed by atoms with Crippen LogP contribution in [0.4, 0.5) is 0 Å². The van der Waals surface area contributed by atoms with Crippen LogP contribution in [-0.4, -0.2) is 54.3 Å². The SMILES string of the molecule is CC/C=C\C/C=C\C/C=C\C/C=C\C/C=C\C/C=C\C/C=C\CCCC(=O)NCCOP(=O)(O)OCC(O)COC(=O)CCCCCCCCC/C=C\C/C=C\C/C=C\C/C=C\CCCCC. The fraction of sp³-hybridized carbons (Fsp3) is 0.579. The second-order valence-electron chi connectivity index (χ2n) is 16.4. The Bertz CT molecular complexity index is 1550. The molecule has 9 nitrogen and oxygen atoms in total. The molecule has 0 aliphatic rings. The Balaban J connectivity index is 3.72. The summed E-state index contributed by atoms with van der Waals surface area (Å²) in [6.45, 7) is 3.31. The molecule has 0 fully saturated rings. The molecule has 2 atom stereocenters. The molecule has 10 heteroatoms. The highest BCUT2D eigenvalue weighted by molar-refractivity contribution is 7.47. The van der Waals surface area contributed by atoms with Gasteiger partial charge in [-0.1, -0.05) is 192 Å². The van der Waals surface area contributed by atoms with Gasteiger partial charge < -0.3 is 20.1 Å². The minimum absolute atomic E-state index is 0.0399. The topological polar surface area (TPSA) is 131 Å². The van der Waals surface area contributed by atoms with Gasteiger partial charge in [-0.05, 0) is 109 Å². The van der Waals surface area contributed by atoms with E-state index in [2.05, 4.69) is 153 Å². The number of hydrogen-bond acceptors (Lipinski definition) is 7. The van der Waals surface area contributed by atoms with Crippen LogP contribution in [0.5, 0.6) is 0 Å². The molecule has 0 radical (unpaired) electrons. The molecule has 0 spiro atoms. The van der Waals surface area contributed by atoms with Crippen molar-refractivity contribution >= 4 is 19.7 Å². The van der Waals surface area contributed by atoms with E-state index in [4.69, 9.17) is 13.8 Å². The van der Waals surface area contributed by atoms with Crippen LogP contribution in [0.25, 0.3) is 0 Å². The van der Waals surface area contributed by atoms with Gasteiger partial charge in [-0.15, -0.1) is 0 Å². The average Bonchev–Trinajstić information content (AvgIpc) is 3.32. The minimum atomic E-state index is -4.45. The van der Waals surface area contributed by atoms with Crippen LogP contribution in [0.15, 0.2) is 134 Å². The fourth-order valence-corrected chi connectivity index (χ4v) is 6.99. The van der Waals surface area contributed by atoms with Gasteiger partial charge in [-0.25, -0.2) is 4.57 Å². The first-order valence-corrected chi connectivity index (χ1v) is 27.2. The van der Waals surface area contributed by atoms with E-state index >= 15 is 0 Å². The number of aliphatic hydroxyl groups excluding tert-OH is 1. The van der Waals surface area contributed by atoms with E-state index in [0.717, 1.165) is 96.3 Å². The number of unbranched alkanes of at least 4 members (excludes halogenated alkanes) is 11. The largest absolute Gasteiger partial charge is 0.472 e. The number of rotatable bonds is 46. The van der Waals surface area contributed by atoms with E-state index in [1.807, 2.05) is 0 Å². The van der Waals surface area contributed by atoms with Gasteiger partial charge >= 0.3 is 13.8 Å². The molecule has 0 bridgehead atoms. The first-order chi connectivity index (χ1) is 32.8. The van der Waals surface area contributed by atoms with Crippen molar-refractivity contribution in [1.29, 1.82) is 0 Å². The van der Waals surface area contributed by atoms with Crippen molar-refractivity contribution in [3.05, 3.63) is 134 Å². The highest BCUT2D eigenvalue weighted by Gasteiger charge is 2.23. The maximum Gasteiger partial charge on any atom is 0.472 e. The summed E-state index contributed by atoms with van der Waals surface area (Å²) in [6.07, 6.45) is 72.5. The summed E-state index contributed by atoms with van der Waals surface area (Å²) in [4.78, 5) is 34.1. The van der Waals surface area contributed by atoms with Crippen molar-refractivity contribution in [3.63, 3.8) is 0 Å². The molecule has 0 aromatic carbocycles. The van der Waals surface area contributed by atoms with Crippen LogP contribution in [0.1, 0.15) is 181 Å². The number of aliphatic hydroxyl groups is 1. The van der Waals surface area contributed by atoms with Gasteiger partial charge in [-0.3, -0.25) is 18.6 Å². The average molecular weight is 950 g/mol. The summed E-state index contributed by atoms with van der Waals surface area (Å²) in [5, 5.41) is 12.7. The third-order valence-electron chi connectivity index (χ3n) is 10.1. The molecule has 0 aliphatic carbocycles. The Labute approximate surface area is 408 Å². The van der Waals surface area contributed by atoms with Gasteiger partial charge in [0.2, 0.25) is 5.91 Å². The third-order valence-corrected chi connectivity index (χ3v) is 11.0. The van der Waals surface area contributed by atoms with E-state index in [-0.39, 0.29) is 32.1 Å². The number of amides is 1. The highest BCUT2D eigenvalue weighted by Crippen LogP contribution is 2.42. The van der Waals surface area contributed by atoms with Gasteiger partial charge in [0.05, 0.1) is 13.2 Å². The monoisotopic (exact) mass is 950 g/mol. The van der Waals surface area contributed by atoms with Crippen molar-refractivity contribution in [3.8, 4) is 0 Å². The number of nitrogens with one attached hydrogen (secondary N) is 1. The van der Waals surface area contributed by atoms with Gasteiger partial charge in [0.1, 0.15) is 12.7 Å². The molecule has 67 heavy (non-hydrogen) atoms. The van der Waals surface area contributed by atoms with Crippen LogP contribution in [0, 0.1) is 0 Å². The zero-order valence-corrected chi connectivity index (χ0v) is 42.7. The summed E-state index contributed by atoms with van der Waals surface area (Å²) in [5.74, 6) is -0.598. The highest BCUT2D eigenvalue weighted by atomic mass is 31.2. The summed E-state index contributed by atoms with van der Waals surface area (Å²) >= 11 is 0. The Morgan fingerprint density at radius 2 is 0.866 bits per heavy atom. The van der Waals surface area contributed by atoms with Crippen molar-refractivity contribution in [1.82, 2.24) is 5.32 Å². The Morgan fingerprint density at radius 3 is 1.31 bits per heavy atom. The Hall–Kier alpha value is -3.85. The number of carbonyl (C=O) groups excluding carboxylic acids is 2. The van der Waals surface area contributed by atoms with Gasteiger partial charge in [0.25, 0.3) is 0 Å². The molecule has 0 saturated heterocycles. The summed E-state index contributed by atoms with van der Waals surface area (Å²) in [5.41, 5.74) is 0. The van der Waals surface area contributed by atoms with E-state index < -0.39 is 26.5 Å². The molecule has 0 heterocycles. The lowest BCUT2D eigenvalue weighted by Crippen LogP contribution is -2.27. The second kappa shape index (κ2) is 51.5. The predicted octanol–water partition coefficient (Wildman–Crippen LogP) is 15.4. The van der Waals surface area contributed by atoms with Crippen molar-refractivity contribution < 1.29 is 37.9 Å². The summed E-state index contributed by atoms with van der Waals surface area (Å²) < 4.78 is 27.0. The number of hydrogen-bond donors (Lipinski definition) is 3. The van der Waals surface area contributed by atoms with Crippen LogP contribution < -0.4 is 5.32 Å².